The van der Waals surface area contributed by atoms with Crippen molar-refractivity contribution in [2.45, 2.75) is 18.6 Å². The first-order chi connectivity index (χ1) is 9.28. The zero-order valence-corrected chi connectivity index (χ0v) is 12.1. The first kappa shape index (κ1) is 14.2. The molecule has 1 aliphatic rings. The molecule has 0 spiro atoms. The van der Waals surface area contributed by atoms with Crippen LogP contribution in [-0.4, -0.2) is 10.4 Å². The van der Waals surface area contributed by atoms with Gasteiger partial charge in [0.05, 0.1) is 0 Å². The highest BCUT2D eigenvalue weighted by molar-refractivity contribution is 8.02. The molecule has 0 amide bonds. The summed E-state index contributed by atoms with van der Waals surface area (Å²) in [6, 6.07) is 10.4. The van der Waals surface area contributed by atoms with Gasteiger partial charge in [-0.3, -0.25) is 0 Å². The molecule has 1 unspecified atom stereocenters. The van der Waals surface area contributed by atoms with Gasteiger partial charge >= 0.3 is 0 Å². The van der Waals surface area contributed by atoms with E-state index in [1.165, 1.54) is 10.5 Å². The number of hydrogen-bond acceptors (Lipinski definition) is 3. The van der Waals surface area contributed by atoms with Crippen molar-refractivity contribution in [3.8, 4) is 0 Å². The van der Waals surface area contributed by atoms with E-state index in [4.69, 9.17) is 16.8 Å². The van der Waals surface area contributed by atoms with E-state index in [9.17, 15) is 0 Å². The minimum atomic E-state index is 0.267. The molecule has 19 heavy (non-hydrogen) atoms. The molecule has 4 heteroatoms. The molecule has 0 saturated heterocycles. The first-order valence-corrected chi connectivity index (χ1v) is 7.56. The average molecular weight is 294 g/mol. The summed E-state index contributed by atoms with van der Waals surface area (Å²) in [6.45, 7) is 0. The molecule has 1 aromatic rings. The molecule has 0 aromatic heterocycles. The standard InChI is InChI=1S/C15H16ClNOS/c16-15(17-18)10-12-6-8-14(9-7-12)19-11-13-4-2-1-3-5-13/h1-6,8-9,12,18H,7,10-11H2/b17-15-. The third-order valence-corrected chi connectivity index (χ3v) is 4.29. The molecule has 100 valence electrons. The zero-order chi connectivity index (χ0) is 13.5. The average Bonchev–Trinajstić information content (AvgIpc) is 2.47. The van der Waals surface area contributed by atoms with Crippen LogP contribution in [0.3, 0.4) is 0 Å². The van der Waals surface area contributed by atoms with E-state index < -0.39 is 0 Å². The first-order valence-electron chi connectivity index (χ1n) is 6.19. The van der Waals surface area contributed by atoms with Crippen LogP contribution in [0.4, 0.5) is 0 Å². The number of nitrogens with zero attached hydrogens (tertiary/aromatic N) is 1. The van der Waals surface area contributed by atoms with E-state index >= 15 is 0 Å². The molecular formula is C15H16ClNOS. The van der Waals surface area contributed by atoms with E-state index in [0.29, 0.717) is 12.3 Å². The Kier molecular flexibility index (Phi) is 5.55. The fourth-order valence-electron chi connectivity index (χ4n) is 1.90. The predicted octanol–water partition coefficient (Wildman–Crippen LogP) is 4.80. The van der Waals surface area contributed by atoms with E-state index in [0.717, 1.165) is 12.2 Å². The molecule has 0 saturated carbocycles. The van der Waals surface area contributed by atoms with E-state index in [1.807, 2.05) is 17.8 Å². The SMILES string of the molecule is O/N=C(\Cl)CC1C=CC(SCc2ccccc2)=CC1. The number of halogens is 1. The summed E-state index contributed by atoms with van der Waals surface area (Å²) in [5.41, 5.74) is 1.33. The maximum absolute atomic E-state index is 8.54. The Bertz CT molecular complexity index is 496. The van der Waals surface area contributed by atoms with Crippen LogP contribution in [-0.2, 0) is 5.75 Å². The summed E-state index contributed by atoms with van der Waals surface area (Å²) < 4.78 is 0. The van der Waals surface area contributed by atoms with Crippen LogP contribution in [0.25, 0.3) is 0 Å². The van der Waals surface area contributed by atoms with Crippen molar-refractivity contribution in [2.75, 3.05) is 0 Å². The van der Waals surface area contributed by atoms with Crippen LogP contribution in [0, 0.1) is 5.92 Å². The number of allylic oxidation sites excluding steroid dienone is 3. The van der Waals surface area contributed by atoms with Crippen molar-refractivity contribution in [1.29, 1.82) is 0 Å². The third-order valence-electron chi connectivity index (χ3n) is 2.94. The van der Waals surface area contributed by atoms with Gasteiger partial charge < -0.3 is 5.21 Å². The second kappa shape index (κ2) is 7.41. The maximum Gasteiger partial charge on any atom is 0.145 e. The molecule has 2 nitrogen and oxygen atoms in total. The monoisotopic (exact) mass is 293 g/mol. The van der Waals surface area contributed by atoms with Crippen molar-refractivity contribution in [2.24, 2.45) is 11.1 Å². The van der Waals surface area contributed by atoms with Crippen LogP contribution in [0.1, 0.15) is 18.4 Å². The van der Waals surface area contributed by atoms with Gasteiger partial charge in [0, 0.05) is 17.1 Å². The highest BCUT2D eigenvalue weighted by Gasteiger charge is 2.11. The number of thioether (sulfide) groups is 1. The second-order valence-electron chi connectivity index (χ2n) is 4.42. The highest BCUT2D eigenvalue weighted by Crippen LogP contribution is 2.29. The minimum absolute atomic E-state index is 0.267. The largest absolute Gasteiger partial charge is 0.410 e. The quantitative estimate of drug-likeness (QED) is 0.481. The molecule has 1 aliphatic carbocycles. The Balaban J connectivity index is 1.80. The summed E-state index contributed by atoms with van der Waals surface area (Å²) in [4.78, 5) is 1.29. The Morgan fingerprint density at radius 2 is 2.16 bits per heavy atom. The second-order valence-corrected chi connectivity index (χ2v) is 5.90. The summed E-state index contributed by atoms with van der Waals surface area (Å²) in [5.74, 6) is 1.32. The summed E-state index contributed by atoms with van der Waals surface area (Å²) in [6.07, 6.45) is 8.03. The van der Waals surface area contributed by atoms with Gasteiger partial charge in [-0.15, -0.1) is 11.8 Å². The van der Waals surface area contributed by atoms with Crippen LogP contribution in [0.15, 0.2) is 58.6 Å². The third kappa shape index (κ3) is 4.77. The molecule has 1 aromatic carbocycles. The zero-order valence-electron chi connectivity index (χ0n) is 10.5. The molecule has 0 heterocycles. The van der Waals surface area contributed by atoms with Crippen molar-refractivity contribution >= 4 is 28.5 Å². The summed E-state index contributed by atoms with van der Waals surface area (Å²) in [5, 5.41) is 11.8. The van der Waals surface area contributed by atoms with E-state index in [-0.39, 0.29) is 5.17 Å². The highest BCUT2D eigenvalue weighted by atomic mass is 35.5. The topological polar surface area (TPSA) is 32.6 Å². The Hall–Kier alpha value is -1.19. The van der Waals surface area contributed by atoms with Gasteiger partial charge in [0.25, 0.3) is 0 Å². The number of rotatable bonds is 5. The van der Waals surface area contributed by atoms with Gasteiger partial charge in [0.2, 0.25) is 0 Å². The van der Waals surface area contributed by atoms with E-state index in [2.05, 4.69) is 47.6 Å². The van der Waals surface area contributed by atoms with Crippen LogP contribution < -0.4 is 0 Å². The van der Waals surface area contributed by atoms with Gasteiger partial charge in [-0.1, -0.05) is 65.3 Å². The molecule has 0 aliphatic heterocycles. The number of oxime groups is 1. The van der Waals surface area contributed by atoms with Crippen molar-refractivity contribution in [1.82, 2.24) is 0 Å². The lowest BCUT2D eigenvalue weighted by molar-refractivity contribution is 0.318. The lowest BCUT2D eigenvalue weighted by Gasteiger charge is -2.14. The van der Waals surface area contributed by atoms with Gasteiger partial charge in [-0.25, -0.2) is 0 Å². The molecule has 0 radical (unpaired) electrons. The normalized spacial score (nSPS) is 19.3. The number of benzene rings is 1. The molecular weight excluding hydrogens is 278 g/mol. The Labute approximate surface area is 122 Å². The van der Waals surface area contributed by atoms with Crippen molar-refractivity contribution < 1.29 is 5.21 Å². The van der Waals surface area contributed by atoms with Crippen LogP contribution >= 0.6 is 23.4 Å². The van der Waals surface area contributed by atoms with Crippen LogP contribution in [0.2, 0.25) is 0 Å². The predicted molar refractivity (Wildman–Crippen MR) is 82.8 cm³/mol. The molecule has 1 atom stereocenters. The Morgan fingerprint density at radius 1 is 1.37 bits per heavy atom. The van der Waals surface area contributed by atoms with Gasteiger partial charge in [0.15, 0.2) is 0 Å². The fourth-order valence-corrected chi connectivity index (χ4v) is 3.01. The maximum atomic E-state index is 8.54. The van der Waals surface area contributed by atoms with Gasteiger partial charge in [-0.05, 0) is 17.9 Å². The van der Waals surface area contributed by atoms with Crippen molar-refractivity contribution in [3.05, 3.63) is 59.0 Å². The van der Waals surface area contributed by atoms with Gasteiger partial charge in [0.1, 0.15) is 5.17 Å². The number of hydrogen-bond donors (Lipinski definition) is 1. The molecule has 0 fully saturated rings. The van der Waals surface area contributed by atoms with Crippen molar-refractivity contribution in [3.63, 3.8) is 0 Å². The van der Waals surface area contributed by atoms with Crippen LogP contribution in [0.5, 0.6) is 0 Å². The van der Waals surface area contributed by atoms with Gasteiger partial charge in [-0.2, -0.15) is 0 Å². The smallest absolute Gasteiger partial charge is 0.145 e. The Morgan fingerprint density at radius 3 is 2.79 bits per heavy atom. The molecule has 0 bridgehead atoms. The lowest BCUT2D eigenvalue weighted by Crippen LogP contribution is -2.03. The molecule has 2 rings (SSSR count). The van der Waals surface area contributed by atoms with E-state index in [1.54, 1.807) is 0 Å². The molecule has 1 N–H and O–H groups in total. The minimum Gasteiger partial charge on any atom is -0.410 e. The summed E-state index contributed by atoms with van der Waals surface area (Å²) in [7, 11) is 0. The lowest BCUT2D eigenvalue weighted by atomic mass is 9.98. The summed E-state index contributed by atoms with van der Waals surface area (Å²) >= 11 is 7.56. The fraction of sp³-hybridized carbons (Fsp3) is 0.267.